The predicted molar refractivity (Wildman–Crippen MR) is 76.2 cm³/mol. The quantitative estimate of drug-likeness (QED) is 0.814. The van der Waals surface area contributed by atoms with Gasteiger partial charge in [0.05, 0.1) is 17.7 Å². The monoisotopic (exact) mass is 314 g/mol. The van der Waals surface area contributed by atoms with Gasteiger partial charge >= 0.3 is 0 Å². The van der Waals surface area contributed by atoms with E-state index in [9.17, 15) is 0 Å². The molecule has 0 atom stereocenters. The molecule has 0 amide bonds. The van der Waals surface area contributed by atoms with Crippen molar-refractivity contribution in [1.29, 1.82) is 0 Å². The van der Waals surface area contributed by atoms with Crippen LogP contribution in [0.2, 0.25) is 0 Å². The van der Waals surface area contributed by atoms with Crippen molar-refractivity contribution in [2.24, 2.45) is 0 Å². The van der Waals surface area contributed by atoms with E-state index in [0.717, 1.165) is 10.0 Å². The molecular formula is C14H19BrO3. The van der Waals surface area contributed by atoms with Gasteiger partial charge in [-0.25, -0.2) is 0 Å². The summed E-state index contributed by atoms with van der Waals surface area (Å²) in [6.45, 7) is 7.00. The molecule has 4 heteroatoms. The Kier molecular flexibility index (Phi) is 6.22. The van der Waals surface area contributed by atoms with Crippen LogP contribution in [-0.2, 0) is 6.61 Å². The summed E-state index contributed by atoms with van der Waals surface area (Å²) < 4.78 is 12.0. The minimum absolute atomic E-state index is 0.0209. The Hall–Kier alpha value is -1.00. The van der Waals surface area contributed by atoms with Crippen molar-refractivity contribution in [1.82, 2.24) is 0 Å². The van der Waals surface area contributed by atoms with E-state index in [0.29, 0.717) is 24.7 Å². The van der Waals surface area contributed by atoms with Gasteiger partial charge in [0.15, 0.2) is 11.5 Å². The second-order valence-electron chi connectivity index (χ2n) is 4.09. The molecule has 1 rings (SSSR count). The molecule has 0 fully saturated rings. The third kappa shape index (κ3) is 4.35. The lowest BCUT2D eigenvalue weighted by atomic mass is 10.2. The standard InChI is InChI=1S/C14H19BrO3/c1-4-17-13-8-11(9-16)7-12(15)14(13)18-6-5-10(2)3/h5,7-8,16H,4,6,9H2,1-3H3. The first-order chi connectivity index (χ1) is 8.58. The van der Waals surface area contributed by atoms with E-state index >= 15 is 0 Å². The summed E-state index contributed by atoms with van der Waals surface area (Å²) in [7, 11) is 0. The van der Waals surface area contributed by atoms with Gasteiger partial charge in [-0.3, -0.25) is 0 Å². The van der Waals surface area contributed by atoms with Crippen molar-refractivity contribution in [3.8, 4) is 11.5 Å². The average molecular weight is 315 g/mol. The number of hydrogen-bond donors (Lipinski definition) is 1. The molecule has 0 radical (unpaired) electrons. The van der Waals surface area contributed by atoms with Crippen LogP contribution in [-0.4, -0.2) is 18.3 Å². The van der Waals surface area contributed by atoms with Crippen LogP contribution in [0.4, 0.5) is 0 Å². The Morgan fingerprint density at radius 2 is 2.06 bits per heavy atom. The molecule has 0 aliphatic rings. The normalized spacial score (nSPS) is 10.1. The van der Waals surface area contributed by atoms with E-state index in [1.807, 2.05) is 32.9 Å². The number of halogens is 1. The first-order valence-electron chi connectivity index (χ1n) is 5.90. The van der Waals surface area contributed by atoms with Gasteiger partial charge in [-0.15, -0.1) is 0 Å². The third-order valence-corrected chi connectivity index (χ3v) is 2.86. The SMILES string of the molecule is CCOc1cc(CO)cc(Br)c1OCC=C(C)C. The van der Waals surface area contributed by atoms with Crippen LogP contribution in [0.15, 0.2) is 28.3 Å². The smallest absolute Gasteiger partial charge is 0.175 e. The first kappa shape index (κ1) is 15.1. The Morgan fingerprint density at radius 1 is 1.33 bits per heavy atom. The fourth-order valence-electron chi connectivity index (χ4n) is 1.41. The summed E-state index contributed by atoms with van der Waals surface area (Å²) in [5, 5.41) is 9.17. The minimum Gasteiger partial charge on any atom is -0.490 e. The zero-order valence-corrected chi connectivity index (χ0v) is 12.6. The third-order valence-electron chi connectivity index (χ3n) is 2.27. The number of aliphatic hydroxyl groups is 1. The second-order valence-corrected chi connectivity index (χ2v) is 4.94. The zero-order valence-electron chi connectivity index (χ0n) is 11.0. The van der Waals surface area contributed by atoms with Crippen LogP contribution in [0.5, 0.6) is 11.5 Å². The maximum atomic E-state index is 9.17. The van der Waals surface area contributed by atoms with Crippen LogP contribution in [0.25, 0.3) is 0 Å². The molecule has 0 unspecified atom stereocenters. The van der Waals surface area contributed by atoms with E-state index in [2.05, 4.69) is 15.9 Å². The fourth-order valence-corrected chi connectivity index (χ4v) is 2.01. The van der Waals surface area contributed by atoms with Gasteiger partial charge in [0.2, 0.25) is 0 Å². The van der Waals surface area contributed by atoms with Crippen molar-refractivity contribution in [3.05, 3.63) is 33.8 Å². The largest absolute Gasteiger partial charge is 0.490 e. The highest BCUT2D eigenvalue weighted by Gasteiger charge is 2.11. The number of aliphatic hydroxyl groups excluding tert-OH is 1. The van der Waals surface area contributed by atoms with Gasteiger partial charge in [0.25, 0.3) is 0 Å². The van der Waals surface area contributed by atoms with Crippen molar-refractivity contribution in [3.63, 3.8) is 0 Å². The number of benzene rings is 1. The molecule has 1 N–H and O–H groups in total. The Morgan fingerprint density at radius 3 is 2.61 bits per heavy atom. The molecule has 0 bridgehead atoms. The summed E-state index contributed by atoms with van der Waals surface area (Å²) in [5.74, 6) is 1.32. The van der Waals surface area contributed by atoms with Gasteiger partial charge in [-0.2, -0.15) is 0 Å². The number of ether oxygens (including phenoxy) is 2. The van der Waals surface area contributed by atoms with E-state index in [1.165, 1.54) is 5.57 Å². The van der Waals surface area contributed by atoms with Crippen LogP contribution in [0.1, 0.15) is 26.3 Å². The fraction of sp³-hybridized carbons (Fsp3) is 0.429. The van der Waals surface area contributed by atoms with E-state index in [-0.39, 0.29) is 6.61 Å². The molecule has 0 aliphatic carbocycles. The van der Waals surface area contributed by atoms with Crippen molar-refractivity contribution in [2.75, 3.05) is 13.2 Å². The molecular weight excluding hydrogens is 296 g/mol. The number of hydrogen-bond acceptors (Lipinski definition) is 3. The highest BCUT2D eigenvalue weighted by molar-refractivity contribution is 9.10. The summed E-state index contributed by atoms with van der Waals surface area (Å²) in [6.07, 6.45) is 2.00. The number of rotatable bonds is 6. The van der Waals surface area contributed by atoms with Crippen LogP contribution in [0, 0.1) is 0 Å². The molecule has 3 nitrogen and oxygen atoms in total. The minimum atomic E-state index is -0.0209. The lowest BCUT2D eigenvalue weighted by Gasteiger charge is -2.14. The lowest BCUT2D eigenvalue weighted by molar-refractivity contribution is 0.275. The van der Waals surface area contributed by atoms with E-state index < -0.39 is 0 Å². The Balaban J connectivity index is 2.96. The maximum absolute atomic E-state index is 9.17. The summed E-state index contributed by atoms with van der Waals surface area (Å²) in [4.78, 5) is 0. The van der Waals surface area contributed by atoms with Crippen molar-refractivity contribution < 1.29 is 14.6 Å². The topological polar surface area (TPSA) is 38.7 Å². The Bertz CT molecular complexity index is 423. The van der Waals surface area contributed by atoms with Gasteiger partial charge in [-0.05, 0) is 60.5 Å². The molecule has 1 aromatic rings. The Labute approximate surface area is 117 Å². The van der Waals surface area contributed by atoms with E-state index in [4.69, 9.17) is 14.6 Å². The van der Waals surface area contributed by atoms with Gasteiger partial charge in [0.1, 0.15) is 6.61 Å². The predicted octanol–water partition coefficient (Wildman–Crippen LogP) is 3.69. The zero-order chi connectivity index (χ0) is 13.5. The molecule has 0 aliphatic heterocycles. The molecule has 0 saturated heterocycles. The molecule has 1 aromatic carbocycles. The maximum Gasteiger partial charge on any atom is 0.175 e. The summed E-state index contributed by atoms with van der Waals surface area (Å²) >= 11 is 3.44. The van der Waals surface area contributed by atoms with Gasteiger partial charge in [0, 0.05) is 0 Å². The summed E-state index contributed by atoms with van der Waals surface area (Å²) in [5.41, 5.74) is 2.00. The van der Waals surface area contributed by atoms with Crippen LogP contribution < -0.4 is 9.47 Å². The first-order valence-corrected chi connectivity index (χ1v) is 6.70. The molecule has 0 heterocycles. The van der Waals surface area contributed by atoms with Gasteiger partial charge in [-0.1, -0.05) is 5.57 Å². The van der Waals surface area contributed by atoms with Crippen molar-refractivity contribution >= 4 is 15.9 Å². The highest BCUT2D eigenvalue weighted by atomic mass is 79.9. The second kappa shape index (κ2) is 7.44. The van der Waals surface area contributed by atoms with Crippen molar-refractivity contribution in [2.45, 2.75) is 27.4 Å². The lowest BCUT2D eigenvalue weighted by Crippen LogP contribution is -2.01. The molecule has 0 saturated carbocycles. The molecule has 18 heavy (non-hydrogen) atoms. The van der Waals surface area contributed by atoms with E-state index in [1.54, 1.807) is 6.07 Å². The summed E-state index contributed by atoms with van der Waals surface area (Å²) in [6, 6.07) is 3.63. The number of allylic oxidation sites excluding steroid dienone is 1. The molecule has 0 spiro atoms. The molecule has 100 valence electrons. The highest BCUT2D eigenvalue weighted by Crippen LogP contribution is 2.37. The van der Waals surface area contributed by atoms with Gasteiger partial charge < -0.3 is 14.6 Å². The van der Waals surface area contributed by atoms with Crippen LogP contribution >= 0.6 is 15.9 Å². The molecule has 0 aromatic heterocycles. The van der Waals surface area contributed by atoms with Crippen LogP contribution in [0.3, 0.4) is 0 Å². The average Bonchev–Trinajstić information content (AvgIpc) is 2.32.